The predicted molar refractivity (Wildman–Crippen MR) is 80.1 cm³/mol. The molecule has 104 valence electrons. The van der Waals surface area contributed by atoms with Crippen LogP contribution in [0.1, 0.15) is 23.1 Å². The topological polar surface area (TPSA) is 29.3 Å². The van der Waals surface area contributed by atoms with E-state index in [0.717, 1.165) is 37.1 Å². The summed E-state index contributed by atoms with van der Waals surface area (Å²) in [6, 6.07) is 13.4. The molecule has 0 radical (unpaired) electrons. The van der Waals surface area contributed by atoms with Crippen LogP contribution in [0.15, 0.2) is 42.5 Å². The van der Waals surface area contributed by atoms with Gasteiger partial charge in [-0.05, 0) is 47.7 Å². The van der Waals surface area contributed by atoms with Crippen molar-refractivity contribution in [2.24, 2.45) is 5.73 Å². The fourth-order valence-corrected chi connectivity index (χ4v) is 2.92. The molecule has 20 heavy (non-hydrogen) atoms. The Morgan fingerprint density at radius 2 is 1.95 bits per heavy atom. The second-order valence-corrected chi connectivity index (χ2v) is 5.27. The monoisotopic (exact) mass is 270 g/mol. The molecule has 0 fully saturated rings. The number of hydrogen-bond acceptors (Lipinski definition) is 2. The summed E-state index contributed by atoms with van der Waals surface area (Å²) >= 11 is 0. The molecule has 0 aromatic heterocycles. The molecule has 1 aliphatic rings. The summed E-state index contributed by atoms with van der Waals surface area (Å²) in [4.78, 5) is 2.33. The molecular formula is C17H19FN2. The van der Waals surface area contributed by atoms with Gasteiger partial charge in [0.25, 0.3) is 0 Å². The fraction of sp³-hybridized carbons (Fsp3) is 0.294. The zero-order chi connectivity index (χ0) is 13.9. The first kappa shape index (κ1) is 13.1. The summed E-state index contributed by atoms with van der Waals surface area (Å²) in [6.07, 6.45) is 2.27. The molecule has 2 N–H and O–H groups in total. The summed E-state index contributed by atoms with van der Waals surface area (Å²) in [7, 11) is 0. The van der Waals surface area contributed by atoms with Crippen LogP contribution in [0.3, 0.4) is 0 Å². The molecule has 0 atom stereocenters. The molecule has 3 rings (SSSR count). The van der Waals surface area contributed by atoms with E-state index in [0.29, 0.717) is 6.54 Å². The van der Waals surface area contributed by atoms with Gasteiger partial charge >= 0.3 is 0 Å². The lowest BCUT2D eigenvalue weighted by atomic mass is 10.00. The average molecular weight is 270 g/mol. The molecule has 3 heteroatoms. The highest BCUT2D eigenvalue weighted by Crippen LogP contribution is 2.28. The third-order valence-electron chi connectivity index (χ3n) is 3.96. The lowest BCUT2D eigenvalue weighted by Gasteiger charge is -2.32. The minimum atomic E-state index is -0.192. The maximum atomic E-state index is 13.5. The number of fused-ring (bicyclic) bond motifs is 1. The number of rotatable bonds is 3. The minimum absolute atomic E-state index is 0.192. The molecule has 2 aromatic carbocycles. The molecular weight excluding hydrogens is 251 g/mol. The Balaban J connectivity index is 1.91. The normalized spacial score (nSPS) is 14.2. The standard InChI is InChI=1S/C17H19FN2/c18-16-8-7-14(11-19)15(10-16)12-20-9-3-5-13-4-1-2-6-17(13)20/h1-2,4,6-8,10H,3,5,9,11-12,19H2. The van der Waals surface area contributed by atoms with E-state index in [4.69, 9.17) is 5.73 Å². The number of para-hydroxylation sites is 1. The number of hydrogen-bond donors (Lipinski definition) is 1. The molecule has 0 bridgehead atoms. The van der Waals surface area contributed by atoms with Crippen molar-refractivity contribution in [3.05, 3.63) is 65.0 Å². The van der Waals surface area contributed by atoms with Gasteiger partial charge in [-0.15, -0.1) is 0 Å². The van der Waals surface area contributed by atoms with E-state index in [9.17, 15) is 4.39 Å². The second-order valence-electron chi connectivity index (χ2n) is 5.27. The Morgan fingerprint density at radius 3 is 2.80 bits per heavy atom. The highest BCUT2D eigenvalue weighted by molar-refractivity contribution is 5.56. The number of aryl methyl sites for hydroxylation is 1. The summed E-state index contributed by atoms with van der Waals surface area (Å²) in [6.45, 7) is 2.18. The van der Waals surface area contributed by atoms with Crippen LogP contribution in [-0.2, 0) is 19.5 Å². The molecule has 0 aliphatic carbocycles. The molecule has 0 saturated heterocycles. The Hall–Kier alpha value is -1.87. The number of nitrogens with zero attached hydrogens (tertiary/aromatic N) is 1. The molecule has 0 unspecified atom stereocenters. The quantitative estimate of drug-likeness (QED) is 0.927. The van der Waals surface area contributed by atoms with Gasteiger partial charge < -0.3 is 10.6 Å². The first-order valence-electron chi connectivity index (χ1n) is 7.08. The third kappa shape index (κ3) is 2.54. The lowest BCUT2D eigenvalue weighted by molar-refractivity contribution is 0.621. The van der Waals surface area contributed by atoms with Crippen molar-refractivity contribution in [2.75, 3.05) is 11.4 Å². The molecule has 0 saturated carbocycles. The highest BCUT2D eigenvalue weighted by atomic mass is 19.1. The van der Waals surface area contributed by atoms with Gasteiger partial charge in [0, 0.05) is 25.3 Å². The predicted octanol–water partition coefficient (Wildman–Crippen LogP) is 3.24. The number of benzene rings is 2. The van der Waals surface area contributed by atoms with E-state index in [2.05, 4.69) is 29.2 Å². The van der Waals surface area contributed by atoms with Crippen molar-refractivity contribution in [3.63, 3.8) is 0 Å². The van der Waals surface area contributed by atoms with Crippen LogP contribution in [0.2, 0.25) is 0 Å². The van der Waals surface area contributed by atoms with Gasteiger partial charge in [-0.1, -0.05) is 24.3 Å². The summed E-state index contributed by atoms with van der Waals surface area (Å²) in [5.74, 6) is -0.192. The molecule has 1 aliphatic heterocycles. The number of halogens is 1. The van der Waals surface area contributed by atoms with E-state index in [1.54, 1.807) is 12.1 Å². The number of nitrogens with two attached hydrogens (primary N) is 1. The van der Waals surface area contributed by atoms with E-state index >= 15 is 0 Å². The van der Waals surface area contributed by atoms with Crippen molar-refractivity contribution in [3.8, 4) is 0 Å². The second kappa shape index (κ2) is 5.63. The van der Waals surface area contributed by atoms with Crippen LogP contribution < -0.4 is 10.6 Å². The van der Waals surface area contributed by atoms with Crippen LogP contribution in [-0.4, -0.2) is 6.54 Å². The first-order valence-corrected chi connectivity index (χ1v) is 7.08. The Kier molecular flexibility index (Phi) is 3.70. The van der Waals surface area contributed by atoms with Crippen LogP contribution in [0.5, 0.6) is 0 Å². The zero-order valence-electron chi connectivity index (χ0n) is 11.5. The minimum Gasteiger partial charge on any atom is -0.367 e. The van der Waals surface area contributed by atoms with Crippen molar-refractivity contribution in [1.29, 1.82) is 0 Å². The molecule has 0 spiro atoms. The van der Waals surface area contributed by atoms with Gasteiger partial charge in [0.2, 0.25) is 0 Å². The maximum Gasteiger partial charge on any atom is 0.123 e. The van der Waals surface area contributed by atoms with Crippen molar-refractivity contribution in [1.82, 2.24) is 0 Å². The van der Waals surface area contributed by atoms with E-state index in [-0.39, 0.29) is 5.82 Å². The van der Waals surface area contributed by atoms with Crippen molar-refractivity contribution >= 4 is 5.69 Å². The van der Waals surface area contributed by atoms with Gasteiger partial charge in [0.1, 0.15) is 5.82 Å². The largest absolute Gasteiger partial charge is 0.367 e. The summed E-state index contributed by atoms with van der Waals surface area (Å²) in [5.41, 5.74) is 10.4. The SMILES string of the molecule is NCc1ccc(F)cc1CN1CCCc2ccccc21. The van der Waals surface area contributed by atoms with Gasteiger partial charge in [-0.2, -0.15) is 0 Å². The van der Waals surface area contributed by atoms with Crippen LogP contribution in [0.4, 0.5) is 10.1 Å². The Bertz CT molecular complexity index is 610. The van der Waals surface area contributed by atoms with E-state index in [1.165, 1.54) is 17.3 Å². The number of anilines is 1. The molecule has 2 aromatic rings. The summed E-state index contributed by atoms with van der Waals surface area (Å²) < 4.78 is 13.5. The first-order chi connectivity index (χ1) is 9.78. The third-order valence-corrected chi connectivity index (χ3v) is 3.96. The lowest BCUT2D eigenvalue weighted by Crippen LogP contribution is -2.29. The molecule has 1 heterocycles. The summed E-state index contributed by atoms with van der Waals surface area (Å²) in [5, 5.41) is 0. The van der Waals surface area contributed by atoms with Crippen LogP contribution >= 0.6 is 0 Å². The van der Waals surface area contributed by atoms with E-state index in [1.807, 2.05) is 0 Å². The zero-order valence-corrected chi connectivity index (χ0v) is 11.5. The van der Waals surface area contributed by atoms with Gasteiger partial charge in [-0.3, -0.25) is 0 Å². The fourth-order valence-electron chi connectivity index (χ4n) is 2.92. The highest BCUT2D eigenvalue weighted by Gasteiger charge is 2.17. The molecule has 0 amide bonds. The van der Waals surface area contributed by atoms with Gasteiger partial charge in [0.05, 0.1) is 0 Å². The average Bonchev–Trinajstić information content (AvgIpc) is 2.48. The maximum absolute atomic E-state index is 13.5. The van der Waals surface area contributed by atoms with Crippen LogP contribution in [0, 0.1) is 5.82 Å². The van der Waals surface area contributed by atoms with Crippen molar-refractivity contribution < 1.29 is 4.39 Å². The van der Waals surface area contributed by atoms with Crippen LogP contribution in [0.25, 0.3) is 0 Å². The van der Waals surface area contributed by atoms with E-state index < -0.39 is 0 Å². The van der Waals surface area contributed by atoms with Crippen molar-refractivity contribution in [2.45, 2.75) is 25.9 Å². The van der Waals surface area contributed by atoms with Gasteiger partial charge in [-0.25, -0.2) is 4.39 Å². The smallest absolute Gasteiger partial charge is 0.123 e. The van der Waals surface area contributed by atoms with Gasteiger partial charge in [0.15, 0.2) is 0 Å². The Labute approximate surface area is 119 Å². The Morgan fingerprint density at radius 1 is 1.10 bits per heavy atom. The molecule has 2 nitrogen and oxygen atoms in total.